The summed E-state index contributed by atoms with van der Waals surface area (Å²) in [4.78, 5) is 17.4. The SMILES string of the molecule is CCN(CCO)C(=O)c1ccc(NN)cn1. The van der Waals surface area contributed by atoms with Crippen molar-refractivity contribution in [2.45, 2.75) is 6.92 Å². The number of hydrogen-bond donors (Lipinski definition) is 3. The first-order valence-corrected chi connectivity index (χ1v) is 5.05. The third-order valence-corrected chi connectivity index (χ3v) is 2.19. The number of hydrogen-bond acceptors (Lipinski definition) is 5. The average molecular weight is 224 g/mol. The molecule has 4 N–H and O–H groups in total. The van der Waals surface area contributed by atoms with Crippen LogP contribution in [0.3, 0.4) is 0 Å². The van der Waals surface area contributed by atoms with E-state index in [1.165, 1.54) is 11.1 Å². The summed E-state index contributed by atoms with van der Waals surface area (Å²) in [5, 5.41) is 8.80. The molecule has 6 nitrogen and oxygen atoms in total. The number of pyridine rings is 1. The van der Waals surface area contributed by atoms with Crippen LogP contribution in [0.5, 0.6) is 0 Å². The molecule has 0 aromatic carbocycles. The summed E-state index contributed by atoms with van der Waals surface area (Å²) in [6.07, 6.45) is 1.49. The van der Waals surface area contributed by atoms with Gasteiger partial charge in [0.25, 0.3) is 5.91 Å². The molecule has 16 heavy (non-hydrogen) atoms. The number of carbonyl (C=O) groups excluding carboxylic acids is 1. The highest BCUT2D eigenvalue weighted by atomic mass is 16.3. The quantitative estimate of drug-likeness (QED) is 0.477. The first kappa shape index (κ1) is 12.4. The number of nitrogen functional groups attached to an aromatic ring is 1. The van der Waals surface area contributed by atoms with Crippen molar-refractivity contribution in [2.24, 2.45) is 5.84 Å². The zero-order valence-electron chi connectivity index (χ0n) is 9.18. The van der Waals surface area contributed by atoms with Gasteiger partial charge in [0.2, 0.25) is 0 Å². The Morgan fingerprint density at radius 1 is 1.62 bits per heavy atom. The van der Waals surface area contributed by atoms with Gasteiger partial charge in [-0.05, 0) is 19.1 Å². The van der Waals surface area contributed by atoms with Gasteiger partial charge in [-0.2, -0.15) is 0 Å². The lowest BCUT2D eigenvalue weighted by atomic mass is 10.3. The number of nitrogens with one attached hydrogen (secondary N) is 1. The molecule has 6 heteroatoms. The molecule has 0 saturated carbocycles. The molecule has 0 radical (unpaired) electrons. The number of amides is 1. The van der Waals surface area contributed by atoms with Crippen LogP contribution in [-0.4, -0.2) is 40.6 Å². The Hall–Kier alpha value is -1.66. The smallest absolute Gasteiger partial charge is 0.272 e. The Kier molecular flexibility index (Phi) is 4.68. The number of likely N-dealkylation sites (N-methyl/N-ethyl adjacent to an activating group) is 1. The Morgan fingerprint density at radius 3 is 2.81 bits per heavy atom. The van der Waals surface area contributed by atoms with Crippen LogP contribution in [0.2, 0.25) is 0 Å². The normalized spacial score (nSPS) is 9.94. The molecule has 0 aliphatic heterocycles. The number of carbonyl (C=O) groups is 1. The number of aliphatic hydroxyl groups excluding tert-OH is 1. The number of aromatic nitrogens is 1. The zero-order valence-corrected chi connectivity index (χ0v) is 9.18. The van der Waals surface area contributed by atoms with Crippen LogP contribution in [-0.2, 0) is 0 Å². The van der Waals surface area contributed by atoms with Gasteiger partial charge >= 0.3 is 0 Å². The number of anilines is 1. The molecule has 0 atom stereocenters. The fourth-order valence-electron chi connectivity index (χ4n) is 1.29. The number of hydrazine groups is 1. The Morgan fingerprint density at radius 2 is 2.38 bits per heavy atom. The summed E-state index contributed by atoms with van der Waals surface area (Å²) in [6.45, 7) is 2.65. The molecule has 0 spiro atoms. The van der Waals surface area contributed by atoms with Crippen LogP contribution in [0.4, 0.5) is 5.69 Å². The maximum absolute atomic E-state index is 11.9. The van der Waals surface area contributed by atoms with Crippen molar-refractivity contribution >= 4 is 11.6 Å². The number of nitrogens with two attached hydrogens (primary N) is 1. The lowest BCUT2D eigenvalue weighted by Gasteiger charge is -2.18. The van der Waals surface area contributed by atoms with E-state index < -0.39 is 0 Å². The van der Waals surface area contributed by atoms with Crippen LogP contribution < -0.4 is 11.3 Å². The summed E-state index contributed by atoms with van der Waals surface area (Å²) in [5.74, 6) is 5.00. The molecule has 0 bridgehead atoms. The predicted molar refractivity (Wildman–Crippen MR) is 60.7 cm³/mol. The molecular weight excluding hydrogens is 208 g/mol. The van der Waals surface area contributed by atoms with E-state index in [4.69, 9.17) is 10.9 Å². The van der Waals surface area contributed by atoms with Crippen LogP contribution in [0.1, 0.15) is 17.4 Å². The van der Waals surface area contributed by atoms with Gasteiger partial charge in [0, 0.05) is 13.1 Å². The summed E-state index contributed by atoms with van der Waals surface area (Å²) in [7, 11) is 0. The largest absolute Gasteiger partial charge is 0.395 e. The number of aliphatic hydroxyl groups is 1. The monoisotopic (exact) mass is 224 g/mol. The van der Waals surface area contributed by atoms with Crippen molar-refractivity contribution in [1.82, 2.24) is 9.88 Å². The molecule has 1 heterocycles. The van der Waals surface area contributed by atoms with E-state index in [1.807, 2.05) is 6.92 Å². The van der Waals surface area contributed by atoms with Crippen LogP contribution in [0.25, 0.3) is 0 Å². The van der Waals surface area contributed by atoms with Crippen molar-refractivity contribution in [1.29, 1.82) is 0 Å². The summed E-state index contributed by atoms with van der Waals surface area (Å²) >= 11 is 0. The third kappa shape index (κ3) is 2.91. The topological polar surface area (TPSA) is 91.5 Å². The molecule has 0 unspecified atom stereocenters. The summed E-state index contributed by atoms with van der Waals surface area (Å²) in [5.41, 5.74) is 3.42. The molecule has 1 aromatic rings. The van der Waals surface area contributed by atoms with Crippen LogP contribution >= 0.6 is 0 Å². The zero-order chi connectivity index (χ0) is 12.0. The van der Waals surface area contributed by atoms with E-state index in [2.05, 4.69) is 10.4 Å². The van der Waals surface area contributed by atoms with Gasteiger partial charge in [0.05, 0.1) is 18.5 Å². The fraction of sp³-hybridized carbons (Fsp3) is 0.400. The lowest BCUT2D eigenvalue weighted by molar-refractivity contribution is 0.0726. The summed E-state index contributed by atoms with van der Waals surface area (Å²) < 4.78 is 0. The molecule has 0 aliphatic rings. The highest BCUT2D eigenvalue weighted by molar-refractivity contribution is 5.92. The fourth-order valence-corrected chi connectivity index (χ4v) is 1.29. The van der Waals surface area contributed by atoms with Gasteiger partial charge in [0.15, 0.2) is 0 Å². The second-order valence-corrected chi connectivity index (χ2v) is 3.18. The maximum atomic E-state index is 11.9. The van der Waals surface area contributed by atoms with E-state index in [0.717, 1.165) is 0 Å². The molecular formula is C10H16N4O2. The maximum Gasteiger partial charge on any atom is 0.272 e. The van der Waals surface area contributed by atoms with E-state index in [-0.39, 0.29) is 12.5 Å². The minimum absolute atomic E-state index is 0.0536. The van der Waals surface area contributed by atoms with Crippen molar-refractivity contribution in [3.8, 4) is 0 Å². The van der Waals surface area contributed by atoms with Gasteiger partial charge in [-0.3, -0.25) is 10.6 Å². The second kappa shape index (κ2) is 6.04. The van der Waals surface area contributed by atoms with Crippen LogP contribution in [0.15, 0.2) is 18.3 Å². The van der Waals surface area contributed by atoms with Crippen molar-refractivity contribution in [3.63, 3.8) is 0 Å². The van der Waals surface area contributed by atoms with Gasteiger partial charge in [-0.15, -0.1) is 0 Å². The number of nitrogens with zero attached hydrogens (tertiary/aromatic N) is 2. The van der Waals surface area contributed by atoms with Crippen LogP contribution in [0, 0.1) is 0 Å². The van der Waals surface area contributed by atoms with Gasteiger partial charge in [0.1, 0.15) is 5.69 Å². The average Bonchev–Trinajstić information content (AvgIpc) is 2.35. The Bertz CT molecular complexity index is 339. The summed E-state index contributed by atoms with van der Waals surface area (Å²) in [6, 6.07) is 3.27. The van der Waals surface area contributed by atoms with Crippen molar-refractivity contribution in [2.75, 3.05) is 25.1 Å². The molecule has 0 saturated heterocycles. The lowest BCUT2D eigenvalue weighted by Crippen LogP contribution is -2.33. The van der Waals surface area contributed by atoms with Gasteiger partial charge in [-0.25, -0.2) is 4.98 Å². The van der Waals surface area contributed by atoms with Gasteiger partial charge < -0.3 is 15.4 Å². The third-order valence-electron chi connectivity index (χ3n) is 2.19. The Balaban J connectivity index is 2.78. The van der Waals surface area contributed by atoms with E-state index in [1.54, 1.807) is 12.1 Å². The van der Waals surface area contributed by atoms with Crippen molar-refractivity contribution < 1.29 is 9.90 Å². The first-order chi connectivity index (χ1) is 7.72. The van der Waals surface area contributed by atoms with Crippen molar-refractivity contribution in [3.05, 3.63) is 24.0 Å². The highest BCUT2D eigenvalue weighted by Gasteiger charge is 2.14. The standard InChI is InChI=1S/C10H16N4O2/c1-2-14(5-6-15)10(16)9-4-3-8(13-11)7-12-9/h3-4,7,13,15H,2,5-6,11H2,1H3. The predicted octanol–water partition coefficient (Wildman–Crippen LogP) is -0.178. The first-order valence-electron chi connectivity index (χ1n) is 5.05. The van der Waals surface area contributed by atoms with E-state index in [9.17, 15) is 4.79 Å². The molecule has 1 rings (SSSR count). The molecule has 88 valence electrons. The molecule has 1 aromatic heterocycles. The minimum Gasteiger partial charge on any atom is -0.395 e. The second-order valence-electron chi connectivity index (χ2n) is 3.18. The number of rotatable bonds is 5. The molecule has 1 amide bonds. The highest BCUT2D eigenvalue weighted by Crippen LogP contribution is 2.06. The molecule has 0 aliphatic carbocycles. The Labute approximate surface area is 94.1 Å². The van der Waals surface area contributed by atoms with E-state index in [0.29, 0.717) is 24.5 Å². The minimum atomic E-state index is -0.194. The van der Waals surface area contributed by atoms with E-state index >= 15 is 0 Å². The van der Waals surface area contributed by atoms with Gasteiger partial charge in [-0.1, -0.05) is 0 Å². The molecule has 0 fully saturated rings.